The van der Waals surface area contributed by atoms with Crippen molar-refractivity contribution in [3.05, 3.63) is 53.9 Å². The first-order valence-corrected chi connectivity index (χ1v) is 12.2. The van der Waals surface area contributed by atoms with Crippen LogP contribution in [0.1, 0.15) is 49.3 Å². The summed E-state index contributed by atoms with van der Waals surface area (Å²) < 4.78 is 0. The highest BCUT2D eigenvalue weighted by atomic mass is 16.2. The lowest BCUT2D eigenvalue weighted by molar-refractivity contribution is -0.133. The minimum absolute atomic E-state index is 0.277. The Bertz CT molecular complexity index is 900. The molecule has 7 nitrogen and oxygen atoms in total. The topological polar surface area (TPSA) is 73.4 Å². The van der Waals surface area contributed by atoms with Gasteiger partial charge < -0.3 is 9.80 Å². The summed E-state index contributed by atoms with van der Waals surface area (Å²) in [4.78, 5) is 26.8. The Morgan fingerprint density at radius 2 is 1.91 bits per heavy atom. The predicted molar refractivity (Wildman–Crippen MR) is 125 cm³/mol. The molecule has 2 aromatic rings. The fraction of sp³-hybridized carbons (Fsp3) is 0.560. The molecule has 5 rings (SSSR count). The molecule has 0 spiro atoms. The van der Waals surface area contributed by atoms with Crippen LogP contribution in [0.5, 0.6) is 0 Å². The number of aryl methyl sites for hydroxylation is 1. The van der Waals surface area contributed by atoms with Gasteiger partial charge in [-0.3, -0.25) is 15.6 Å². The molecule has 3 aliphatic heterocycles. The number of amides is 1. The van der Waals surface area contributed by atoms with E-state index in [0.29, 0.717) is 18.3 Å². The fourth-order valence-corrected chi connectivity index (χ4v) is 5.47. The van der Waals surface area contributed by atoms with Crippen LogP contribution in [0.3, 0.4) is 0 Å². The Hall–Kier alpha value is -2.51. The van der Waals surface area contributed by atoms with Gasteiger partial charge in [0.2, 0.25) is 11.9 Å². The maximum atomic E-state index is 12.9. The number of nitrogens with one attached hydrogen (secondary N) is 2. The van der Waals surface area contributed by atoms with E-state index in [-0.39, 0.29) is 11.9 Å². The second kappa shape index (κ2) is 9.96. The van der Waals surface area contributed by atoms with Crippen LogP contribution in [0, 0.1) is 5.92 Å². The van der Waals surface area contributed by atoms with Crippen LogP contribution in [0.15, 0.2) is 42.6 Å². The molecule has 0 aliphatic carbocycles. The van der Waals surface area contributed by atoms with Crippen LogP contribution in [0.25, 0.3) is 0 Å². The molecule has 0 bridgehead atoms. The minimum Gasteiger partial charge on any atom is -0.342 e. The number of aromatic nitrogens is 2. The molecule has 1 aromatic heterocycles. The predicted octanol–water partition coefficient (Wildman–Crippen LogP) is 2.51. The molecule has 3 saturated heterocycles. The first-order chi connectivity index (χ1) is 15.8. The van der Waals surface area contributed by atoms with Gasteiger partial charge in [-0.2, -0.15) is 0 Å². The smallest absolute Gasteiger partial charge is 0.225 e. The average molecular weight is 435 g/mol. The Balaban J connectivity index is 1.23. The quantitative estimate of drug-likeness (QED) is 0.728. The van der Waals surface area contributed by atoms with Crippen LogP contribution in [0.2, 0.25) is 0 Å². The molecule has 3 fully saturated rings. The number of benzene rings is 1. The van der Waals surface area contributed by atoms with Crippen molar-refractivity contribution in [1.82, 2.24) is 25.7 Å². The minimum atomic E-state index is 0.277. The van der Waals surface area contributed by atoms with Crippen molar-refractivity contribution in [3.8, 4) is 0 Å². The standard InChI is InChI=1S/C25H34N6O/c32-23(11-10-19-7-2-1-3-8-19)31-16-6-9-20(18-31)24-21(17-27-29-24)22-12-13-26-25(28-22)30-14-4-5-15-30/h1-3,7-8,12-13,20-21,24,27,29H,4-6,9-11,14-18H2. The van der Waals surface area contributed by atoms with Gasteiger partial charge in [0.25, 0.3) is 0 Å². The van der Waals surface area contributed by atoms with Crippen molar-refractivity contribution in [3.63, 3.8) is 0 Å². The molecule has 170 valence electrons. The van der Waals surface area contributed by atoms with E-state index in [1.807, 2.05) is 24.4 Å². The highest BCUT2D eigenvalue weighted by Gasteiger charge is 2.38. The van der Waals surface area contributed by atoms with E-state index >= 15 is 0 Å². The van der Waals surface area contributed by atoms with Gasteiger partial charge in [0.05, 0.1) is 5.69 Å². The Kier molecular flexibility index (Phi) is 6.64. The number of hydrazine groups is 1. The molecule has 0 saturated carbocycles. The van der Waals surface area contributed by atoms with Crippen molar-refractivity contribution in [1.29, 1.82) is 0 Å². The molecule has 3 aliphatic rings. The Labute approximate surface area is 190 Å². The molecule has 3 atom stereocenters. The molecule has 2 N–H and O–H groups in total. The summed E-state index contributed by atoms with van der Waals surface area (Å²) in [6.45, 7) is 4.67. The summed E-state index contributed by atoms with van der Waals surface area (Å²) in [7, 11) is 0. The Morgan fingerprint density at radius 1 is 1.06 bits per heavy atom. The van der Waals surface area contributed by atoms with Gasteiger partial charge in [-0.05, 0) is 49.7 Å². The molecule has 32 heavy (non-hydrogen) atoms. The molecular weight excluding hydrogens is 400 g/mol. The molecule has 7 heteroatoms. The zero-order valence-corrected chi connectivity index (χ0v) is 18.7. The second-order valence-electron chi connectivity index (χ2n) is 9.36. The van der Waals surface area contributed by atoms with Crippen LogP contribution < -0.4 is 15.8 Å². The summed E-state index contributed by atoms with van der Waals surface area (Å²) in [5.41, 5.74) is 9.23. The summed E-state index contributed by atoms with van der Waals surface area (Å²) in [5.74, 6) is 1.87. The number of hydrogen-bond acceptors (Lipinski definition) is 6. The molecule has 1 aromatic carbocycles. The van der Waals surface area contributed by atoms with Crippen molar-refractivity contribution in [2.75, 3.05) is 37.6 Å². The van der Waals surface area contributed by atoms with E-state index in [1.54, 1.807) is 0 Å². The second-order valence-corrected chi connectivity index (χ2v) is 9.36. The number of anilines is 1. The summed E-state index contributed by atoms with van der Waals surface area (Å²) in [6.07, 6.45) is 7.95. The third kappa shape index (κ3) is 4.79. The normalized spacial score (nSPS) is 25.9. The molecule has 0 radical (unpaired) electrons. The molecule has 4 heterocycles. The first-order valence-electron chi connectivity index (χ1n) is 12.2. The van der Waals surface area contributed by atoms with E-state index < -0.39 is 0 Å². The maximum Gasteiger partial charge on any atom is 0.225 e. The lowest BCUT2D eigenvalue weighted by Crippen LogP contribution is -2.48. The van der Waals surface area contributed by atoms with Gasteiger partial charge in [-0.25, -0.2) is 9.97 Å². The third-order valence-corrected chi connectivity index (χ3v) is 7.25. The van der Waals surface area contributed by atoms with E-state index in [4.69, 9.17) is 4.98 Å². The van der Waals surface area contributed by atoms with Crippen molar-refractivity contribution in [2.45, 2.75) is 50.5 Å². The zero-order chi connectivity index (χ0) is 21.8. The van der Waals surface area contributed by atoms with Crippen molar-refractivity contribution < 1.29 is 4.79 Å². The number of nitrogens with zero attached hydrogens (tertiary/aromatic N) is 4. The average Bonchev–Trinajstić information content (AvgIpc) is 3.56. The molecule has 3 unspecified atom stereocenters. The fourth-order valence-electron chi connectivity index (χ4n) is 5.47. The van der Waals surface area contributed by atoms with Gasteiger partial charge >= 0.3 is 0 Å². The number of likely N-dealkylation sites (tertiary alicyclic amines) is 1. The third-order valence-electron chi connectivity index (χ3n) is 7.25. The number of hydrogen-bond donors (Lipinski definition) is 2. The lowest BCUT2D eigenvalue weighted by Gasteiger charge is -2.37. The van der Waals surface area contributed by atoms with Crippen LogP contribution in [-0.2, 0) is 11.2 Å². The van der Waals surface area contributed by atoms with Gasteiger partial charge in [-0.1, -0.05) is 30.3 Å². The van der Waals surface area contributed by atoms with E-state index in [0.717, 1.165) is 63.6 Å². The van der Waals surface area contributed by atoms with Gasteiger partial charge in [0, 0.05) is 57.3 Å². The van der Waals surface area contributed by atoms with Gasteiger partial charge in [-0.15, -0.1) is 0 Å². The van der Waals surface area contributed by atoms with Gasteiger partial charge in [0.15, 0.2) is 0 Å². The number of carbonyl (C=O) groups excluding carboxylic acids is 1. The van der Waals surface area contributed by atoms with Crippen LogP contribution in [-0.4, -0.2) is 59.5 Å². The van der Waals surface area contributed by atoms with E-state index in [2.05, 4.69) is 43.8 Å². The number of piperidine rings is 1. The van der Waals surface area contributed by atoms with Gasteiger partial charge in [0.1, 0.15) is 0 Å². The summed E-state index contributed by atoms with van der Waals surface area (Å²) in [5, 5.41) is 0. The monoisotopic (exact) mass is 434 g/mol. The summed E-state index contributed by atoms with van der Waals surface area (Å²) in [6, 6.07) is 12.6. The number of carbonyl (C=O) groups is 1. The van der Waals surface area contributed by atoms with Crippen molar-refractivity contribution >= 4 is 11.9 Å². The van der Waals surface area contributed by atoms with E-state index in [9.17, 15) is 4.79 Å². The largest absolute Gasteiger partial charge is 0.342 e. The lowest BCUT2D eigenvalue weighted by atomic mass is 9.82. The SMILES string of the molecule is O=C(CCc1ccccc1)N1CCCC(C2NNCC2c2ccnc(N3CCCC3)n2)C1. The summed E-state index contributed by atoms with van der Waals surface area (Å²) >= 11 is 0. The van der Waals surface area contributed by atoms with E-state index in [1.165, 1.54) is 18.4 Å². The number of rotatable bonds is 6. The van der Waals surface area contributed by atoms with Crippen LogP contribution >= 0.6 is 0 Å². The highest BCUT2D eigenvalue weighted by molar-refractivity contribution is 5.76. The highest BCUT2D eigenvalue weighted by Crippen LogP contribution is 2.32. The Morgan fingerprint density at radius 3 is 2.75 bits per heavy atom. The first kappa shape index (κ1) is 21.3. The molecule has 1 amide bonds. The van der Waals surface area contributed by atoms with Crippen molar-refractivity contribution in [2.24, 2.45) is 5.92 Å². The van der Waals surface area contributed by atoms with Crippen LogP contribution in [0.4, 0.5) is 5.95 Å². The maximum absolute atomic E-state index is 12.9. The molecular formula is C25H34N6O. The zero-order valence-electron chi connectivity index (χ0n) is 18.7.